The Hall–Kier alpha value is -2.53. The molecular weight excluding hydrogens is 316 g/mol. The van der Waals surface area contributed by atoms with Crippen molar-refractivity contribution in [2.45, 2.75) is 32.8 Å². The molecule has 2 aromatic heterocycles. The summed E-state index contributed by atoms with van der Waals surface area (Å²) in [5, 5.41) is 10.7. The summed E-state index contributed by atoms with van der Waals surface area (Å²) < 4.78 is 13.7. The molecule has 0 radical (unpaired) electrons. The van der Waals surface area contributed by atoms with E-state index in [0.717, 1.165) is 39.7 Å². The number of aryl methyl sites for hydroxylation is 2. The lowest BCUT2D eigenvalue weighted by molar-refractivity contribution is 0.0768. The Morgan fingerprint density at radius 1 is 1.24 bits per heavy atom. The van der Waals surface area contributed by atoms with E-state index in [9.17, 15) is 5.11 Å². The van der Waals surface area contributed by atoms with Gasteiger partial charge in [-0.2, -0.15) is 0 Å². The first-order valence-corrected chi connectivity index (χ1v) is 8.62. The maximum atomic E-state index is 10.7. The summed E-state index contributed by atoms with van der Waals surface area (Å²) in [6.45, 7) is 6.82. The first-order chi connectivity index (χ1) is 12.1. The van der Waals surface area contributed by atoms with Gasteiger partial charge in [-0.25, -0.2) is 4.98 Å². The van der Waals surface area contributed by atoms with E-state index in [1.165, 1.54) is 0 Å². The number of aliphatic hydroxyl groups is 1. The van der Waals surface area contributed by atoms with Crippen molar-refractivity contribution in [2.24, 2.45) is 0 Å². The average Bonchev–Trinajstić information content (AvgIpc) is 2.91. The predicted octanol–water partition coefficient (Wildman–Crippen LogP) is 3.24. The van der Waals surface area contributed by atoms with Crippen molar-refractivity contribution < 1.29 is 14.6 Å². The molecule has 0 aliphatic carbocycles. The standard InChI is InChI=1S/C20H22N2O3/c1-4-24-17-8-6-5-7-14(17)18-15-9-10-22-13(3)12(2)21-20(22)19(15)25-11-16(18)23/h5-10,16,18,23H,4,11H2,1-3H3/t16-,18-/m0/s1. The summed E-state index contributed by atoms with van der Waals surface area (Å²) in [4.78, 5) is 4.66. The molecule has 0 amide bonds. The van der Waals surface area contributed by atoms with Crippen LogP contribution in [0.1, 0.15) is 35.4 Å². The summed E-state index contributed by atoms with van der Waals surface area (Å²) in [6, 6.07) is 9.91. The number of rotatable bonds is 3. The summed E-state index contributed by atoms with van der Waals surface area (Å²) in [6.07, 6.45) is 1.37. The number of benzene rings is 1. The quantitative estimate of drug-likeness (QED) is 0.796. The Morgan fingerprint density at radius 3 is 2.84 bits per heavy atom. The molecule has 1 N–H and O–H groups in total. The molecule has 1 aromatic carbocycles. The van der Waals surface area contributed by atoms with Gasteiger partial charge in [0.15, 0.2) is 11.4 Å². The van der Waals surface area contributed by atoms with Crippen LogP contribution < -0.4 is 9.47 Å². The van der Waals surface area contributed by atoms with E-state index in [0.29, 0.717) is 6.61 Å². The normalized spacial score (nSPS) is 19.5. The van der Waals surface area contributed by atoms with Crippen LogP contribution in [0.5, 0.6) is 11.5 Å². The van der Waals surface area contributed by atoms with E-state index in [1.807, 2.05) is 61.7 Å². The van der Waals surface area contributed by atoms with Crippen molar-refractivity contribution in [1.82, 2.24) is 9.38 Å². The van der Waals surface area contributed by atoms with Crippen LogP contribution in [0.15, 0.2) is 36.5 Å². The Kier molecular flexibility index (Phi) is 3.88. The van der Waals surface area contributed by atoms with Crippen LogP contribution >= 0.6 is 0 Å². The third kappa shape index (κ3) is 2.46. The van der Waals surface area contributed by atoms with Gasteiger partial charge in [-0.05, 0) is 32.9 Å². The molecule has 25 heavy (non-hydrogen) atoms. The van der Waals surface area contributed by atoms with E-state index in [-0.39, 0.29) is 12.5 Å². The number of hydrogen-bond acceptors (Lipinski definition) is 4. The van der Waals surface area contributed by atoms with Gasteiger partial charge in [0.05, 0.1) is 18.4 Å². The van der Waals surface area contributed by atoms with Gasteiger partial charge in [-0.3, -0.25) is 0 Å². The Bertz CT molecular complexity index is 932. The zero-order valence-corrected chi connectivity index (χ0v) is 14.7. The van der Waals surface area contributed by atoms with Gasteiger partial charge in [-0.1, -0.05) is 18.2 Å². The molecule has 0 spiro atoms. The third-order valence-corrected chi connectivity index (χ3v) is 4.93. The number of nitrogens with zero attached hydrogens (tertiary/aromatic N) is 2. The number of ether oxygens (including phenoxy) is 2. The Balaban J connectivity index is 1.92. The fourth-order valence-corrected chi connectivity index (χ4v) is 3.59. The molecule has 2 atom stereocenters. The number of aromatic nitrogens is 2. The second-order valence-electron chi connectivity index (χ2n) is 6.40. The number of aliphatic hydroxyl groups excluding tert-OH is 1. The van der Waals surface area contributed by atoms with Crippen LogP contribution in [-0.4, -0.2) is 33.8 Å². The third-order valence-electron chi connectivity index (χ3n) is 4.93. The fourth-order valence-electron chi connectivity index (χ4n) is 3.59. The first-order valence-electron chi connectivity index (χ1n) is 8.62. The molecule has 130 valence electrons. The molecule has 1 aliphatic heterocycles. The molecule has 1 aliphatic rings. The van der Waals surface area contributed by atoms with Gasteiger partial charge in [0.2, 0.25) is 0 Å². The smallest absolute Gasteiger partial charge is 0.180 e. The second kappa shape index (κ2) is 6.08. The van der Waals surface area contributed by atoms with Gasteiger partial charge in [0, 0.05) is 28.9 Å². The predicted molar refractivity (Wildman–Crippen MR) is 95.6 cm³/mol. The zero-order valence-electron chi connectivity index (χ0n) is 14.7. The highest BCUT2D eigenvalue weighted by Crippen LogP contribution is 2.43. The molecule has 0 bridgehead atoms. The van der Waals surface area contributed by atoms with Gasteiger partial charge in [0.1, 0.15) is 12.4 Å². The average molecular weight is 338 g/mol. The highest BCUT2D eigenvalue weighted by Gasteiger charge is 2.34. The van der Waals surface area contributed by atoms with Crippen LogP contribution in [0, 0.1) is 13.8 Å². The minimum absolute atomic E-state index is 0.200. The van der Waals surface area contributed by atoms with Crippen molar-refractivity contribution in [1.29, 1.82) is 0 Å². The number of hydrogen-bond donors (Lipinski definition) is 1. The lowest BCUT2D eigenvalue weighted by atomic mass is 9.84. The Morgan fingerprint density at radius 2 is 2.04 bits per heavy atom. The van der Waals surface area contributed by atoms with Gasteiger partial charge in [0.25, 0.3) is 0 Å². The van der Waals surface area contributed by atoms with Gasteiger partial charge >= 0.3 is 0 Å². The second-order valence-corrected chi connectivity index (χ2v) is 6.40. The highest BCUT2D eigenvalue weighted by molar-refractivity contribution is 5.63. The van der Waals surface area contributed by atoms with Crippen molar-refractivity contribution in [2.75, 3.05) is 13.2 Å². The molecule has 5 nitrogen and oxygen atoms in total. The topological polar surface area (TPSA) is 56.0 Å². The fraction of sp³-hybridized carbons (Fsp3) is 0.350. The lowest BCUT2D eigenvalue weighted by Gasteiger charge is -2.31. The van der Waals surface area contributed by atoms with Crippen molar-refractivity contribution in [3.05, 3.63) is 59.0 Å². The SMILES string of the molecule is CCOc1ccccc1[C@H]1c2ccn3c(C)c(C)nc3c2OC[C@@H]1O. The molecule has 0 fully saturated rings. The number of pyridine rings is 1. The molecule has 0 saturated carbocycles. The molecular formula is C20H22N2O3. The molecule has 3 heterocycles. The largest absolute Gasteiger partial charge is 0.494 e. The van der Waals surface area contributed by atoms with Crippen molar-refractivity contribution in [3.8, 4) is 11.5 Å². The summed E-state index contributed by atoms with van der Waals surface area (Å²) in [5.41, 5.74) is 4.81. The molecule has 4 rings (SSSR count). The number of fused-ring (bicyclic) bond motifs is 3. The summed E-state index contributed by atoms with van der Waals surface area (Å²) >= 11 is 0. The van der Waals surface area contributed by atoms with Gasteiger partial charge in [-0.15, -0.1) is 0 Å². The van der Waals surface area contributed by atoms with E-state index in [4.69, 9.17) is 9.47 Å². The van der Waals surface area contributed by atoms with Crippen molar-refractivity contribution in [3.63, 3.8) is 0 Å². The minimum atomic E-state index is -0.631. The van der Waals surface area contributed by atoms with Gasteiger partial charge < -0.3 is 19.0 Å². The van der Waals surface area contributed by atoms with Crippen molar-refractivity contribution >= 4 is 5.65 Å². The monoisotopic (exact) mass is 338 g/mol. The number of para-hydroxylation sites is 1. The summed E-state index contributed by atoms with van der Waals surface area (Å²) in [7, 11) is 0. The van der Waals surface area contributed by atoms with E-state index < -0.39 is 6.10 Å². The zero-order chi connectivity index (χ0) is 17.6. The molecule has 0 unspecified atom stereocenters. The Labute approximate surface area is 146 Å². The molecule has 0 saturated heterocycles. The lowest BCUT2D eigenvalue weighted by Crippen LogP contribution is -2.32. The van der Waals surface area contributed by atoms with E-state index in [1.54, 1.807) is 0 Å². The minimum Gasteiger partial charge on any atom is -0.494 e. The van der Waals surface area contributed by atoms with Crippen LogP contribution in [0.2, 0.25) is 0 Å². The van der Waals surface area contributed by atoms with Crippen LogP contribution in [-0.2, 0) is 0 Å². The first kappa shape index (κ1) is 16.0. The van der Waals surface area contributed by atoms with Crippen LogP contribution in [0.3, 0.4) is 0 Å². The number of imidazole rings is 1. The van der Waals surface area contributed by atoms with Crippen LogP contribution in [0.25, 0.3) is 5.65 Å². The molecule has 5 heteroatoms. The maximum absolute atomic E-state index is 10.7. The molecule has 3 aromatic rings. The maximum Gasteiger partial charge on any atom is 0.180 e. The van der Waals surface area contributed by atoms with Crippen LogP contribution in [0.4, 0.5) is 0 Å². The van der Waals surface area contributed by atoms with E-state index in [2.05, 4.69) is 4.98 Å². The highest BCUT2D eigenvalue weighted by atomic mass is 16.5. The summed E-state index contributed by atoms with van der Waals surface area (Å²) in [5.74, 6) is 1.35. The van der Waals surface area contributed by atoms with E-state index >= 15 is 0 Å².